The van der Waals surface area contributed by atoms with E-state index in [2.05, 4.69) is 11.8 Å². The van der Waals surface area contributed by atoms with E-state index in [1.54, 1.807) is 23.9 Å². The molecule has 1 aromatic heterocycles. The zero-order valence-electron chi connectivity index (χ0n) is 19.7. The molecule has 0 amide bonds. The Morgan fingerprint density at radius 2 is 1.94 bits per heavy atom. The monoisotopic (exact) mass is 455 g/mol. The molecule has 2 aromatic carbocycles. The van der Waals surface area contributed by atoms with Crippen molar-refractivity contribution in [1.82, 2.24) is 14.7 Å². The van der Waals surface area contributed by atoms with E-state index in [9.17, 15) is 9.50 Å². The number of aromatic nitrogens is 2. The number of hydrogen-bond acceptors (Lipinski definition) is 5. The smallest absolute Gasteiger partial charge is 0.227 e. The molecule has 1 N–H and O–H groups in total. The molecule has 0 saturated carbocycles. The van der Waals surface area contributed by atoms with Crippen LogP contribution in [-0.4, -0.2) is 52.7 Å². The van der Waals surface area contributed by atoms with Gasteiger partial charge < -0.3 is 14.6 Å². The van der Waals surface area contributed by atoms with Crippen molar-refractivity contribution < 1.29 is 19.0 Å². The summed E-state index contributed by atoms with van der Waals surface area (Å²) in [6.07, 6.45) is 2.37. The Morgan fingerprint density at radius 1 is 1.15 bits per heavy atom. The van der Waals surface area contributed by atoms with E-state index >= 15 is 0 Å². The zero-order chi connectivity index (χ0) is 23.6. The van der Waals surface area contributed by atoms with E-state index < -0.39 is 6.10 Å². The second kappa shape index (κ2) is 12.5. The quantitative estimate of drug-likeness (QED) is 0.388. The summed E-state index contributed by atoms with van der Waals surface area (Å²) < 4.78 is 27.1. The molecule has 178 valence electrons. The maximum absolute atomic E-state index is 13.8. The molecule has 1 heterocycles. The summed E-state index contributed by atoms with van der Waals surface area (Å²) in [5.74, 6) is 0.576. The number of aliphatic hydroxyl groups excluding tert-OH is 1. The predicted octanol–water partition coefficient (Wildman–Crippen LogP) is 5.11. The summed E-state index contributed by atoms with van der Waals surface area (Å²) in [4.78, 5) is 2.15. The molecule has 0 aliphatic rings. The highest BCUT2D eigenvalue weighted by atomic mass is 19.1. The molecular weight excluding hydrogens is 421 g/mol. The molecule has 33 heavy (non-hydrogen) atoms. The van der Waals surface area contributed by atoms with Crippen molar-refractivity contribution >= 4 is 0 Å². The average molecular weight is 456 g/mol. The van der Waals surface area contributed by atoms with Gasteiger partial charge in [0, 0.05) is 32.8 Å². The predicted molar refractivity (Wildman–Crippen MR) is 127 cm³/mol. The Bertz CT molecular complexity index is 994. The number of aryl methyl sites for hydroxylation is 1. The van der Waals surface area contributed by atoms with E-state index in [1.165, 1.54) is 12.1 Å². The van der Waals surface area contributed by atoms with Gasteiger partial charge in [0.15, 0.2) is 0 Å². The van der Waals surface area contributed by atoms with Crippen LogP contribution in [0.1, 0.15) is 37.4 Å². The molecule has 0 bridgehead atoms. The minimum atomic E-state index is -0.418. The number of para-hydroxylation sites is 1. The van der Waals surface area contributed by atoms with Crippen molar-refractivity contribution in [2.45, 2.75) is 45.8 Å². The van der Waals surface area contributed by atoms with Crippen LogP contribution in [0.25, 0.3) is 5.69 Å². The lowest BCUT2D eigenvalue weighted by molar-refractivity contribution is 0.0786. The van der Waals surface area contributed by atoms with Crippen LogP contribution in [0.5, 0.6) is 11.6 Å². The minimum absolute atomic E-state index is 0.364. The Kier molecular flexibility index (Phi) is 9.42. The molecule has 3 rings (SSSR count). The zero-order valence-corrected chi connectivity index (χ0v) is 19.7. The van der Waals surface area contributed by atoms with Crippen LogP contribution < -0.4 is 4.74 Å². The van der Waals surface area contributed by atoms with Gasteiger partial charge in [-0.15, -0.1) is 0 Å². The summed E-state index contributed by atoms with van der Waals surface area (Å²) in [6, 6.07) is 15.8. The molecule has 7 heteroatoms. The number of methoxy groups -OCH3 is 1. The van der Waals surface area contributed by atoms with Crippen LogP contribution in [-0.2, 0) is 11.3 Å². The Labute approximate surface area is 195 Å². The fourth-order valence-electron chi connectivity index (χ4n) is 3.72. The van der Waals surface area contributed by atoms with Crippen LogP contribution in [0, 0.1) is 12.7 Å². The Balaban J connectivity index is 1.95. The van der Waals surface area contributed by atoms with E-state index in [4.69, 9.17) is 14.6 Å². The molecule has 6 nitrogen and oxygen atoms in total. The van der Waals surface area contributed by atoms with Crippen molar-refractivity contribution in [3.8, 4) is 17.3 Å². The highest BCUT2D eigenvalue weighted by Gasteiger charge is 2.22. The van der Waals surface area contributed by atoms with E-state index in [0.717, 1.165) is 36.2 Å². The van der Waals surface area contributed by atoms with Gasteiger partial charge in [0.25, 0.3) is 0 Å². The Hall–Kier alpha value is -2.74. The molecular formula is C26H34FN3O3. The minimum Gasteiger partial charge on any atom is -0.438 e. The molecule has 0 spiro atoms. The van der Waals surface area contributed by atoms with Gasteiger partial charge >= 0.3 is 0 Å². The topological polar surface area (TPSA) is 59.8 Å². The van der Waals surface area contributed by atoms with Crippen LogP contribution >= 0.6 is 0 Å². The van der Waals surface area contributed by atoms with Crippen molar-refractivity contribution in [1.29, 1.82) is 0 Å². The molecule has 0 fully saturated rings. The second-order valence-electron chi connectivity index (χ2n) is 8.20. The maximum atomic E-state index is 13.8. The Morgan fingerprint density at radius 3 is 2.64 bits per heavy atom. The molecule has 0 radical (unpaired) electrons. The van der Waals surface area contributed by atoms with Crippen molar-refractivity contribution in [3.63, 3.8) is 0 Å². The molecule has 0 aliphatic carbocycles. The number of halogens is 1. The van der Waals surface area contributed by atoms with Gasteiger partial charge in [-0.3, -0.25) is 4.90 Å². The molecule has 0 aliphatic heterocycles. The SMILES string of the molecule is CCCC[C@@H](O)CN(CCOC)Cc1c(C)nn(-c2ccccc2)c1Oc1cccc(F)c1. The standard InChI is InChI=1S/C26H34FN3O3/c1-4-5-13-23(31)18-29(15-16-32-3)19-25-20(2)28-30(22-11-7-6-8-12-22)26(25)33-24-14-9-10-21(27)17-24/h6-12,14,17,23,31H,4-5,13,15-16,18-19H2,1-3H3/t23-/m1/s1. The third kappa shape index (κ3) is 7.12. The van der Waals surface area contributed by atoms with Gasteiger partial charge in [0.2, 0.25) is 5.88 Å². The average Bonchev–Trinajstić information content (AvgIpc) is 3.11. The number of nitrogens with zero attached hydrogens (tertiary/aromatic N) is 3. The molecule has 0 unspecified atom stereocenters. The third-order valence-corrected chi connectivity index (χ3v) is 5.50. The molecule has 1 atom stereocenters. The van der Waals surface area contributed by atoms with Gasteiger partial charge in [-0.2, -0.15) is 5.10 Å². The first-order valence-corrected chi connectivity index (χ1v) is 11.5. The third-order valence-electron chi connectivity index (χ3n) is 5.50. The highest BCUT2D eigenvalue weighted by molar-refractivity contribution is 5.43. The van der Waals surface area contributed by atoms with E-state index in [1.807, 2.05) is 37.3 Å². The lowest BCUT2D eigenvalue weighted by Gasteiger charge is -2.25. The lowest BCUT2D eigenvalue weighted by Crippen LogP contribution is -2.34. The first kappa shape index (κ1) is 24.9. The van der Waals surface area contributed by atoms with Crippen molar-refractivity contribution in [2.75, 3.05) is 26.8 Å². The van der Waals surface area contributed by atoms with Crippen LogP contribution in [0.3, 0.4) is 0 Å². The summed E-state index contributed by atoms with van der Waals surface area (Å²) in [5.41, 5.74) is 2.56. The van der Waals surface area contributed by atoms with E-state index in [0.29, 0.717) is 37.9 Å². The van der Waals surface area contributed by atoms with Gasteiger partial charge in [-0.1, -0.05) is 44.0 Å². The number of aliphatic hydroxyl groups is 1. The highest BCUT2D eigenvalue weighted by Crippen LogP contribution is 2.32. The summed E-state index contributed by atoms with van der Waals surface area (Å²) in [7, 11) is 1.67. The summed E-state index contributed by atoms with van der Waals surface area (Å²) >= 11 is 0. The van der Waals surface area contributed by atoms with Crippen LogP contribution in [0.4, 0.5) is 4.39 Å². The van der Waals surface area contributed by atoms with Gasteiger partial charge in [-0.25, -0.2) is 9.07 Å². The first-order chi connectivity index (χ1) is 16.0. The normalized spacial score (nSPS) is 12.3. The van der Waals surface area contributed by atoms with Crippen molar-refractivity contribution in [2.24, 2.45) is 0 Å². The van der Waals surface area contributed by atoms with Crippen LogP contribution in [0.15, 0.2) is 54.6 Å². The fraction of sp³-hybridized carbons (Fsp3) is 0.423. The van der Waals surface area contributed by atoms with Crippen molar-refractivity contribution in [3.05, 3.63) is 71.7 Å². The number of ether oxygens (including phenoxy) is 2. The summed E-state index contributed by atoms with van der Waals surface area (Å²) in [6.45, 7) is 6.32. The van der Waals surface area contributed by atoms with Crippen LogP contribution in [0.2, 0.25) is 0 Å². The lowest BCUT2D eigenvalue weighted by atomic mass is 10.1. The summed E-state index contributed by atoms with van der Waals surface area (Å²) in [5, 5.41) is 15.3. The van der Waals surface area contributed by atoms with Gasteiger partial charge in [0.05, 0.1) is 29.7 Å². The molecule has 0 saturated heterocycles. The number of hydrogen-bond donors (Lipinski definition) is 1. The number of rotatable bonds is 13. The number of unbranched alkanes of at least 4 members (excludes halogenated alkanes) is 1. The van der Waals surface area contributed by atoms with Gasteiger partial charge in [0.1, 0.15) is 11.6 Å². The largest absolute Gasteiger partial charge is 0.438 e. The fourth-order valence-corrected chi connectivity index (χ4v) is 3.72. The number of benzene rings is 2. The second-order valence-corrected chi connectivity index (χ2v) is 8.20. The molecule has 3 aromatic rings. The van der Waals surface area contributed by atoms with E-state index in [-0.39, 0.29) is 5.82 Å². The first-order valence-electron chi connectivity index (χ1n) is 11.5. The van der Waals surface area contributed by atoms with Gasteiger partial charge in [-0.05, 0) is 37.6 Å². The maximum Gasteiger partial charge on any atom is 0.227 e.